The summed E-state index contributed by atoms with van der Waals surface area (Å²) in [5, 5.41) is 8.67. The third-order valence-electron chi connectivity index (χ3n) is 3.12. The van der Waals surface area contributed by atoms with Crippen molar-refractivity contribution in [3.05, 3.63) is 29.6 Å². The molecule has 1 fully saturated rings. The van der Waals surface area contributed by atoms with Crippen molar-refractivity contribution in [3.8, 4) is 0 Å². The molecule has 1 aromatic heterocycles. The number of halogens is 3. The van der Waals surface area contributed by atoms with Gasteiger partial charge in [0.15, 0.2) is 0 Å². The quantitative estimate of drug-likeness (QED) is 0.905. The van der Waals surface area contributed by atoms with Gasteiger partial charge in [-0.1, -0.05) is 0 Å². The number of aliphatic carboxylic acids is 1. The van der Waals surface area contributed by atoms with Crippen molar-refractivity contribution in [2.24, 2.45) is 0 Å². The second-order valence-corrected chi connectivity index (χ2v) is 4.80. The normalized spacial score (nSPS) is 14.8. The third kappa shape index (κ3) is 3.93. The van der Waals surface area contributed by atoms with Crippen LogP contribution >= 0.6 is 0 Å². The highest BCUT2D eigenvalue weighted by molar-refractivity contribution is 5.94. The zero-order valence-corrected chi connectivity index (χ0v) is 10.9. The molecule has 0 aromatic carbocycles. The Morgan fingerprint density at radius 3 is 2.43 bits per heavy atom. The first-order valence-electron chi connectivity index (χ1n) is 6.35. The Kier molecular flexibility index (Phi) is 4.15. The Hall–Kier alpha value is -2.12. The molecule has 0 atom stereocenters. The lowest BCUT2D eigenvalue weighted by molar-refractivity contribution is -0.141. The van der Waals surface area contributed by atoms with Gasteiger partial charge in [-0.15, -0.1) is 0 Å². The standard InChI is InChI=1S/C13H13F3N2O3/c14-13(15,16)10-4-1-8(7-17-10)12(21)18(9-2-3-9)6-5-11(19)20/h1,4,7,9H,2-3,5-6H2,(H,19,20). The number of carboxylic acids is 1. The summed E-state index contributed by atoms with van der Waals surface area (Å²) in [4.78, 5) is 27.4. The highest BCUT2D eigenvalue weighted by Crippen LogP contribution is 2.30. The van der Waals surface area contributed by atoms with E-state index in [1.54, 1.807) is 0 Å². The highest BCUT2D eigenvalue weighted by atomic mass is 19.4. The van der Waals surface area contributed by atoms with Crippen LogP contribution in [0, 0.1) is 0 Å². The van der Waals surface area contributed by atoms with E-state index >= 15 is 0 Å². The minimum absolute atomic E-state index is 0.0280. The number of carboxylic acid groups (broad SMARTS) is 1. The van der Waals surface area contributed by atoms with Crippen LogP contribution in [0.1, 0.15) is 35.3 Å². The van der Waals surface area contributed by atoms with E-state index in [9.17, 15) is 22.8 Å². The molecule has 5 nitrogen and oxygen atoms in total. The van der Waals surface area contributed by atoms with Crippen LogP contribution in [-0.2, 0) is 11.0 Å². The summed E-state index contributed by atoms with van der Waals surface area (Å²) >= 11 is 0. The van der Waals surface area contributed by atoms with Crippen molar-refractivity contribution < 1.29 is 27.9 Å². The van der Waals surface area contributed by atoms with Crippen molar-refractivity contribution in [3.63, 3.8) is 0 Å². The minimum atomic E-state index is -4.55. The monoisotopic (exact) mass is 302 g/mol. The van der Waals surface area contributed by atoms with E-state index in [1.807, 2.05) is 0 Å². The molecule has 1 aromatic rings. The summed E-state index contributed by atoms with van der Waals surface area (Å²) in [5.74, 6) is -1.51. The zero-order valence-electron chi connectivity index (χ0n) is 10.9. The molecule has 2 rings (SSSR count). The van der Waals surface area contributed by atoms with Gasteiger partial charge < -0.3 is 10.0 Å². The van der Waals surface area contributed by atoms with E-state index in [0.29, 0.717) is 0 Å². The number of nitrogens with zero attached hydrogens (tertiary/aromatic N) is 2. The Morgan fingerprint density at radius 2 is 2.00 bits per heavy atom. The molecule has 0 saturated heterocycles. The van der Waals surface area contributed by atoms with Crippen LogP contribution < -0.4 is 0 Å². The first kappa shape index (κ1) is 15.3. The fourth-order valence-electron chi connectivity index (χ4n) is 1.91. The molecular weight excluding hydrogens is 289 g/mol. The number of aromatic nitrogens is 1. The molecule has 8 heteroatoms. The van der Waals surface area contributed by atoms with Crippen molar-refractivity contribution in [1.82, 2.24) is 9.88 Å². The predicted octanol–water partition coefficient (Wildman–Crippen LogP) is 2.18. The number of rotatable bonds is 5. The van der Waals surface area contributed by atoms with Crippen molar-refractivity contribution in [1.29, 1.82) is 0 Å². The molecule has 1 amide bonds. The molecule has 0 aliphatic heterocycles. The molecule has 0 unspecified atom stereocenters. The zero-order chi connectivity index (χ0) is 15.6. The molecule has 0 radical (unpaired) electrons. The van der Waals surface area contributed by atoms with Crippen LogP contribution in [0.25, 0.3) is 0 Å². The maximum atomic E-state index is 12.4. The molecule has 1 saturated carbocycles. The first-order chi connectivity index (χ1) is 9.79. The predicted molar refractivity (Wildman–Crippen MR) is 65.6 cm³/mol. The number of hydrogen-bond donors (Lipinski definition) is 1. The second kappa shape index (κ2) is 5.71. The van der Waals surface area contributed by atoms with Gasteiger partial charge in [-0.25, -0.2) is 0 Å². The van der Waals surface area contributed by atoms with E-state index in [1.165, 1.54) is 4.90 Å². The first-order valence-corrected chi connectivity index (χ1v) is 6.35. The molecule has 0 bridgehead atoms. The SMILES string of the molecule is O=C(O)CCN(C(=O)c1ccc(C(F)(F)F)nc1)C1CC1. The second-order valence-electron chi connectivity index (χ2n) is 4.80. The fraction of sp³-hybridized carbons (Fsp3) is 0.462. The van der Waals surface area contributed by atoms with E-state index in [-0.39, 0.29) is 24.6 Å². The van der Waals surface area contributed by atoms with Crippen LogP contribution in [0.15, 0.2) is 18.3 Å². The van der Waals surface area contributed by atoms with Gasteiger partial charge in [0.05, 0.1) is 12.0 Å². The smallest absolute Gasteiger partial charge is 0.433 e. The van der Waals surface area contributed by atoms with Crippen LogP contribution in [0.5, 0.6) is 0 Å². The van der Waals surface area contributed by atoms with Gasteiger partial charge in [0.25, 0.3) is 5.91 Å². The van der Waals surface area contributed by atoms with Gasteiger partial charge in [-0.3, -0.25) is 14.6 Å². The summed E-state index contributed by atoms with van der Waals surface area (Å²) in [6.45, 7) is 0.0415. The van der Waals surface area contributed by atoms with Crippen LogP contribution in [0.3, 0.4) is 0 Å². The maximum absolute atomic E-state index is 12.4. The maximum Gasteiger partial charge on any atom is 0.433 e. The summed E-state index contributed by atoms with van der Waals surface area (Å²) < 4.78 is 37.2. The average Bonchev–Trinajstić information content (AvgIpc) is 3.22. The van der Waals surface area contributed by atoms with Gasteiger partial charge >= 0.3 is 12.1 Å². The van der Waals surface area contributed by atoms with Crippen LogP contribution in [-0.4, -0.2) is 39.5 Å². The minimum Gasteiger partial charge on any atom is -0.481 e. The van der Waals surface area contributed by atoms with Crippen molar-refractivity contribution in [2.45, 2.75) is 31.5 Å². The van der Waals surface area contributed by atoms with E-state index in [2.05, 4.69) is 4.98 Å². The van der Waals surface area contributed by atoms with Gasteiger partial charge in [-0.05, 0) is 25.0 Å². The van der Waals surface area contributed by atoms with E-state index < -0.39 is 23.7 Å². The van der Waals surface area contributed by atoms with Crippen molar-refractivity contribution >= 4 is 11.9 Å². The molecular formula is C13H13F3N2O3. The highest BCUT2D eigenvalue weighted by Gasteiger charge is 2.35. The number of hydrogen-bond acceptors (Lipinski definition) is 3. The van der Waals surface area contributed by atoms with Gasteiger partial charge in [0, 0.05) is 18.8 Å². The molecule has 1 aliphatic rings. The summed E-state index contributed by atoms with van der Waals surface area (Å²) in [5.41, 5.74) is -1.04. The number of alkyl halides is 3. The van der Waals surface area contributed by atoms with Gasteiger partial charge in [0.1, 0.15) is 5.69 Å². The number of carbonyl (C=O) groups is 2. The van der Waals surface area contributed by atoms with Crippen LogP contribution in [0.4, 0.5) is 13.2 Å². The summed E-state index contributed by atoms with van der Waals surface area (Å²) in [7, 11) is 0. The van der Waals surface area contributed by atoms with E-state index in [4.69, 9.17) is 5.11 Å². The Morgan fingerprint density at radius 1 is 1.33 bits per heavy atom. The van der Waals surface area contributed by atoms with Crippen LogP contribution in [0.2, 0.25) is 0 Å². The molecule has 1 heterocycles. The van der Waals surface area contributed by atoms with Gasteiger partial charge in [-0.2, -0.15) is 13.2 Å². The topological polar surface area (TPSA) is 70.5 Å². The average molecular weight is 302 g/mol. The Balaban J connectivity index is 2.11. The summed E-state index contributed by atoms with van der Waals surface area (Å²) in [6.07, 6.45) is -2.32. The molecule has 1 aliphatic carbocycles. The summed E-state index contributed by atoms with van der Waals surface area (Å²) in [6, 6.07) is 1.78. The molecule has 114 valence electrons. The van der Waals surface area contributed by atoms with E-state index in [0.717, 1.165) is 31.2 Å². The number of carbonyl (C=O) groups excluding carboxylic acids is 1. The Labute approximate surface area is 118 Å². The fourth-order valence-corrected chi connectivity index (χ4v) is 1.91. The molecule has 0 spiro atoms. The number of pyridine rings is 1. The van der Waals surface area contributed by atoms with Crippen molar-refractivity contribution in [2.75, 3.05) is 6.54 Å². The Bertz CT molecular complexity index is 539. The lowest BCUT2D eigenvalue weighted by atomic mass is 10.2. The lowest BCUT2D eigenvalue weighted by Gasteiger charge is -2.21. The molecule has 1 N–H and O–H groups in total. The number of amides is 1. The molecule has 21 heavy (non-hydrogen) atoms. The largest absolute Gasteiger partial charge is 0.481 e. The van der Waals surface area contributed by atoms with Gasteiger partial charge in [0.2, 0.25) is 0 Å². The third-order valence-corrected chi connectivity index (χ3v) is 3.12. The lowest BCUT2D eigenvalue weighted by Crippen LogP contribution is -2.35.